The topological polar surface area (TPSA) is 53.5 Å². The highest BCUT2D eigenvalue weighted by atomic mass is 32.1. The number of carbonyl (C=O) groups is 2. The van der Waals surface area contributed by atoms with Gasteiger partial charge in [-0.2, -0.15) is 0 Å². The Labute approximate surface area is 164 Å². The number of piperidine rings is 1. The molecule has 1 aromatic carbocycles. The van der Waals surface area contributed by atoms with Crippen LogP contribution in [-0.4, -0.2) is 52.8 Å². The first-order valence-corrected chi connectivity index (χ1v) is 10.6. The lowest BCUT2D eigenvalue weighted by Crippen LogP contribution is -2.50. The molecule has 1 aromatic heterocycles. The lowest BCUT2D eigenvalue weighted by molar-refractivity contribution is -0.145. The molecule has 27 heavy (non-hydrogen) atoms. The zero-order chi connectivity index (χ0) is 18.7. The molecule has 2 fully saturated rings. The summed E-state index contributed by atoms with van der Waals surface area (Å²) in [7, 11) is 0. The largest absolute Gasteiger partial charge is 0.342 e. The number of carbonyl (C=O) groups excluding carboxylic acids is 2. The predicted molar refractivity (Wildman–Crippen MR) is 106 cm³/mol. The van der Waals surface area contributed by atoms with Crippen molar-refractivity contribution in [3.63, 3.8) is 0 Å². The third-order valence-electron chi connectivity index (χ3n) is 5.85. The lowest BCUT2D eigenvalue weighted by Gasteiger charge is -2.39. The van der Waals surface area contributed by atoms with Gasteiger partial charge in [-0.3, -0.25) is 9.59 Å². The molecule has 3 heterocycles. The molecule has 5 nitrogen and oxygen atoms in total. The summed E-state index contributed by atoms with van der Waals surface area (Å²) in [6, 6.07) is 10.4. The summed E-state index contributed by atoms with van der Waals surface area (Å²) >= 11 is 1.43. The highest BCUT2D eigenvalue weighted by Crippen LogP contribution is 2.40. The van der Waals surface area contributed by atoms with Crippen LogP contribution in [0.3, 0.4) is 0 Å². The fourth-order valence-corrected chi connectivity index (χ4v) is 4.91. The van der Waals surface area contributed by atoms with Gasteiger partial charge < -0.3 is 9.80 Å². The first-order chi connectivity index (χ1) is 13.2. The number of thiazole rings is 1. The number of hydrogen-bond acceptors (Lipinski definition) is 4. The summed E-state index contributed by atoms with van der Waals surface area (Å²) < 4.78 is 0. The SMILES string of the molecule is O=C(c1cscn1)N1CC[C@@]2(CCCN(CCCc3ccccc3)C2=O)C1. The predicted octanol–water partition coefficient (Wildman–Crippen LogP) is 3.23. The molecular formula is C21H25N3O2S. The molecule has 2 aliphatic rings. The van der Waals surface area contributed by atoms with Crippen LogP contribution in [0.5, 0.6) is 0 Å². The van der Waals surface area contributed by atoms with Gasteiger partial charge in [0.25, 0.3) is 5.91 Å². The van der Waals surface area contributed by atoms with Gasteiger partial charge >= 0.3 is 0 Å². The second kappa shape index (κ2) is 7.80. The molecular weight excluding hydrogens is 358 g/mol. The molecule has 0 unspecified atom stereocenters. The Morgan fingerprint density at radius 2 is 2.04 bits per heavy atom. The van der Waals surface area contributed by atoms with Gasteiger partial charge in [-0.25, -0.2) is 4.98 Å². The Morgan fingerprint density at radius 3 is 2.81 bits per heavy atom. The zero-order valence-electron chi connectivity index (χ0n) is 15.5. The molecule has 0 N–H and O–H groups in total. The van der Waals surface area contributed by atoms with Crippen molar-refractivity contribution < 1.29 is 9.59 Å². The average Bonchev–Trinajstić information content (AvgIpc) is 3.37. The van der Waals surface area contributed by atoms with E-state index in [0.717, 1.165) is 45.2 Å². The molecule has 6 heteroatoms. The first-order valence-electron chi connectivity index (χ1n) is 9.69. The van der Waals surface area contributed by atoms with Crippen LogP contribution in [0.1, 0.15) is 41.7 Å². The number of benzene rings is 1. The Kier molecular flexibility index (Phi) is 5.25. The van der Waals surface area contributed by atoms with Gasteiger partial charge in [0.1, 0.15) is 5.69 Å². The van der Waals surface area contributed by atoms with Crippen molar-refractivity contribution in [2.75, 3.05) is 26.2 Å². The zero-order valence-corrected chi connectivity index (χ0v) is 16.3. The minimum atomic E-state index is -0.378. The number of hydrogen-bond donors (Lipinski definition) is 0. The van der Waals surface area contributed by atoms with Crippen LogP contribution in [0.2, 0.25) is 0 Å². The van der Waals surface area contributed by atoms with E-state index in [2.05, 4.69) is 29.2 Å². The van der Waals surface area contributed by atoms with Crippen molar-refractivity contribution in [2.24, 2.45) is 5.41 Å². The second-order valence-corrected chi connectivity index (χ2v) is 8.33. The van der Waals surface area contributed by atoms with E-state index in [9.17, 15) is 9.59 Å². The number of likely N-dealkylation sites (tertiary alicyclic amines) is 2. The van der Waals surface area contributed by atoms with E-state index in [1.54, 1.807) is 10.9 Å². The molecule has 0 aliphatic carbocycles. The Balaban J connectivity index is 1.36. The van der Waals surface area contributed by atoms with E-state index >= 15 is 0 Å². The van der Waals surface area contributed by atoms with Gasteiger partial charge in [-0.15, -0.1) is 11.3 Å². The molecule has 2 aromatic rings. The summed E-state index contributed by atoms with van der Waals surface area (Å²) in [6.07, 6.45) is 4.66. The van der Waals surface area contributed by atoms with Gasteiger partial charge in [-0.1, -0.05) is 30.3 Å². The summed E-state index contributed by atoms with van der Waals surface area (Å²) in [4.78, 5) is 33.8. The second-order valence-electron chi connectivity index (χ2n) is 7.62. The minimum Gasteiger partial charge on any atom is -0.342 e. The number of nitrogens with zero attached hydrogens (tertiary/aromatic N) is 3. The van der Waals surface area contributed by atoms with Crippen molar-refractivity contribution in [3.8, 4) is 0 Å². The van der Waals surface area contributed by atoms with Crippen LogP contribution in [0.25, 0.3) is 0 Å². The van der Waals surface area contributed by atoms with Crippen molar-refractivity contribution in [2.45, 2.75) is 32.1 Å². The van der Waals surface area contributed by atoms with Crippen LogP contribution in [-0.2, 0) is 11.2 Å². The van der Waals surface area contributed by atoms with Crippen LogP contribution >= 0.6 is 11.3 Å². The van der Waals surface area contributed by atoms with Gasteiger partial charge in [0.2, 0.25) is 5.91 Å². The Bertz CT molecular complexity index is 793. The number of amides is 2. The quantitative estimate of drug-likeness (QED) is 0.797. The highest BCUT2D eigenvalue weighted by molar-refractivity contribution is 7.07. The molecule has 142 valence electrons. The third kappa shape index (κ3) is 3.76. The van der Waals surface area contributed by atoms with Gasteiger partial charge in [0.05, 0.1) is 10.9 Å². The molecule has 1 atom stereocenters. The van der Waals surface area contributed by atoms with E-state index in [1.807, 2.05) is 15.9 Å². The molecule has 1 spiro atoms. The summed E-state index contributed by atoms with van der Waals surface area (Å²) in [5.74, 6) is 0.206. The van der Waals surface area contributed by atoms with Gasteiger partial charge in [0.15, 0.2) is 0 Å². The third-order valence-corrected chi connectivity index (χ3v) is 6.44. The Morgan fingerprint density at radius 1 is 1.19 bits per heavy atom. The van der Waals surface area contributed by atoms with E-state index in [1.165, 1.54) is 16.9 Å². The maximum atomic E-state index is 13.2. The van der Waals surface area contributed by atoms with Crippen molar-refractivity contribution >= 4 is 23.2 Å². The molecule has 2 aliphatic heterocycles. The number of aromatic nitrogens is 1. The Hall–Kier alpha value is -2.21. The van der Waals surface area contributed by atoms with E-state index in [0.29, 0.717) is 18.8 Å². The van der Waals surface area contributed by atoms with Crippen molar-refractivity contribution in [1.82, 2.24) is 14.8 Å². The molecule has 2 saturated heterocycles. The number of aryl methyl sites for hydroxylation is 1. The van der Waals surface area contributed by atoms with Crippen LogP contribution in [0.4, 0.5) is 0 Å². The molecule has 4 rings (SSSR count). The maximum Gasteiger partial charge on any atom is 0.273 e. The minimum absolute atomic E-state index is 0.0397. The average molecular weight is 384 g/mol. The molecule has 0 bridgehead atoms. The summed E-state index contributed by atoms with van der Waals surface area (Å²) in [6.45, 7) is 2.84. The van der Waals surface area contributed by atoms with Gasteiger partial charge in [0, 0.05) is 31.6 Å². The smallest absolute Gasteiger partial charge is 0.273 e. The van der Waals surface area contributed by atoms with E-state index in [-0.39, 0.29) is 17.2 Å². The van der Waals surface area contributed by atoms with Crippen LogP contribution in [0, 0.1) is 5.41 Å². The highest BCUT2D eigenvalue weighted by Gasteiger charge is 2.49. The monoisotopic (exact) mass is 383 g/mol. The molecule has 0 saturated carbocycles. The standard InChI is InChI=1S/C21H25N3O2S/c25-19(18-14-27-16-22-18)24-13-10-21(15-24)9-5-12-23(20(21)26)11-4-8-17-6-2-1-3-7-17/h1-3,6-7,14,16H,4-5,8-13,15H2/t21-/m0/s1. The molecule has 2 amide bonds. The normalized spacial score (nSPS) is 22.6. The fourth-order valence-electron chi connectivity index (χ4n) is 4.39. The first kappa shape index (κ1) is 18.2. The van der Waals surface area contributed by atoms with Crippen molar-refractivity contribution in [3.05, 3.63) is 52.5 Å². The van der Waals surface area contributed by atoms with E-state index in [4.69, 9.17) is 0 Å². The maximum absolute atomic E-state index is 13.2. The van der Waals surface area contributed by atoms with Crippen LogP contribution < -0.4 is 0 Å². The summed E-state index contributed by atoms with van der Waals surface area (Å²) in [5, 5.41) is 1.78. The van der Waals surface area contributed by atoms with Crippen LogP contribution in [0.15, 0.2) is 41.2 Å². The molecule has 0 radical (unpaired) electrons. The van der Waals surface area contributed by atoms with Crippen molar-refractivity contribution in [1.29, 1.82) is 0 Å². The lowest BCUT2D eigenvalue weighted by atomic mass is 9.78. The van der Waals surface area contributed by atoms with E-state index < -0.39 is 0 Å². The number of rotatable bonds is 5. The van der Waals surface area contributed by atoms with Gasteiger partial charge in [-0.05, 0) is 37.7 Å². The summed E-state index contributed by atoms with van der Waals surface area (Å²) in [5.41, 5.74) is 3.12. The fraction of sp³-hybridized carbons (Fsp3) is 0.476.